The molecule has 6 aliphatic rings. The van der Waals surface area contributed by atoms with Crippen molar-refractivity contribution in [3.63, 3.8) is 0 Å². The van der Waals surface area contributed by atoms with Crippen LogP contribution in [0.5, 0.6) is 0 Å². The second kappa shape index (κ2) is 30.9. The maximum absolute atomic E-state index is 15.2. The van der Waals surface area contributed by atoms with Gasteiger partial charge < -0.3 is 55.6 Å². The minimum atomic E-state index is -4.74. The number of hydrogen-bond donors (Lipinski definition) is 4. The molecule has 1 aromatic rings. The highest BCUT2D eigenvalue weighted by Crippen LogP contribution is 2.38. The van der Waals surface area contributed by atoms with Gasteiger partial charge in [0, 0.05) is 60.8 Å². The molecule has 7 rings (SSSR count). The highest BCUT2D eigenvalue weighted by Gasteiger charge is 2.51. The fourth-order valence-electron chi connectivity index (χ4n) is 14.3. The normalized spacial score (nSPS) is 29.2. The molecule has 3 heterocycles. The number of amides is 11. The van der Waals surface area contributed by atoms with E-state index in [-0.39, 0.29) is 76.3 Å². The van der Waals surface area contributed by atoms with Gasteiger partial charge in [0.2, 0.25) is 65.0 Å². The van der Waals surface area contributed by atoms with Gasteiger partial charge in [0.25, 0.3) is 0 Å². The van der Waals surface area contributed by atoms with Crippen molar-refractivity contribution in [2.75, 3.05) is 54.9 Å². The van der Waals surface area contributed by atoms with Gasteiger partial charge in [0.1, 0.15) is 53.9 Å². The molecular weight excluding hydrogens is 1200 g/mol. The van der Waals surface area contributed by atoms with E-state index in [9.17, 15) is 51.5 Å². The van der Waals surface area contributed by atoms with Gasteiger partial charge >= 0.3 is 6.18 Å². The molecule has 3 saturated heterocycles. The average Bonchev–Trinajstić information content (AvgIpc) is 1.83. The smallest absolute Gasteiger partial charge is 0.351 e. The van der Waals surface area contributed by atoms with Gasteiger partial charge in [-0.25, -0.2) is 0 Å². The van der Waals surface area contributed by atoms with Crippen molar-refractivity contribution in [2.45, 2.75) is 236 Å². The van der Waals surface area contributed by atoms with E-state index >= 15 is 14.4 Å². The van der Waals surface area contributed by atoms with E-state index in [0.29, 0.717) is 44.1 Å². The Morgan fingerprint density at radius 3 is 1.86 bits per heavy atom. The van der Waals surface area contributed by atoms with Crippen LogP contribution in [0.15, 0.2) is 18.2 Å². The van der Waals surface area contributed by atoms with Crippen molar-refractivity contribution >= 4 is 76.6 Å². The van der Waals surface area contributed by atoms with Gasteiger partial charge in [-0.2, -0.15) is 13.2 Å². The molecule has 11 amide bonds. The molecule has 3 saturated carbocycles. The lowest BCUT2D eigenvalue weighted by atomic mass is 9.84. The number of rotatable bonds is 8. The van der Waals surface area contributed by atoms with E-state index in [1.165, 1.54) is 89.5 Å². The number of nitrogens with zero attached hydrogens (tertiary/aromatic N) is 7. The van der Waals surface area contributed by atoms with Gasteiger partial charge in [0.05, 0.1) is 17.1 Å². The Morgan fingerprint density at radius 2 is 1.25 bits per heavy atom. The minimum Gasteiger partial charge on any atom is -0.351 e. The van der Waals surface area contributed by atoms with Crippen molar-refractivity contribution in [2.24, 2.45) is 17.8 Å². The fourth-order valence-corrected chi connectivity index (χ4v) is 14.6. The second-order valence-electron chi connectivity index (χ2n) is 26.9. The molecule has 22 nitrogen and oxygen atoms in total. The number of hydrogen-bond acceptors (Lipinski definition) is 11. The summed E-state index contributed by atoms with van der Waals surface area (Å²) < 4.78 is 41.5. The van der Waals surface area contributed by atoms with E-state index < -0.39 is 154 Å². The summed E-state index contributed by atoms with van der Waals surface area (Å²) in [5.74, 6) is -7.11. The summed E-state index contributed by atoms with van der Waals surface area (Å²) >= 11 is 6.15. The quantitative estimate of drug-likeness (QED) is 0.263. The molecule has 4 N–H and O–H groups in total. The molecule has 0 radical (unpaired) electrons. The molecule has 0 aromatic heterocycles. The van der Waals surface area contributed by atoms with Gasteiger partial charge in [0.15, 0.2) is 0 Å². The van der Waals surface area contributed by atoms with Crippen LogP contribution in [0.2, 0.25) is 5.02 Å². The van der Waals surface area contributed by atoms with E-state index in [1.807, 2.05) is 6.92 Å². The topological polar surface area (TPSA) is 259 Å². The molecule has 1 aromatic carbocycles. The first-order valence-corrected chi connectivity index (χ1v) is 33.3. The standard InChI is InChI=1S/C65H97ClF3N11O11/c1-11-38(2)53-62(90)74(6)37-52(82)79-33-29-49(79)60(88)77(9)50(36-42-20-13-12-14-21-42)61(89)76(8)41(5)55(83)71-47(28-26-43-25-27-45(46(66)35-43)65(67,68)69)59(87)80-32-19-24-48(80)57(85)73-64(30-17-18-31-64)63(91)78(10)54(44-22-15-16-23-44)58(86)70-39(3)34-51(81)75(7)40(4)56(84)72-53/h25,27,35,38-42,44,47-50,53-54H,11-24,26,28-34,36-37H2,1-10H3,(H,70,86)(H,71,83)(H,72,84)(H,73,85)/t38-,39+,40-,41+,47-,48-,49-,50-,53-,54-/m0/s1. The number of benzene rings is 1. The minimum absolute atomic E-state index is 0.0378. The van der Waals surface area contributed by atoms with E-state index in [0.717, 1.165) is 57.1 Å². The average molecular weight is 1300 g/mol. The van der Waals surface area contributed by atoms with Gasteiger partial charge in [-0.1, -0.05) is 95.7 Å². The predicted molar refractivity (Wildman–Crippen MR) is 333 cm³/mol. The lowest BCUT2D eigenvalue weighted by molar-refractivity contribution is -0.158. The maximum atomic E-state index is 15.2. The highest BCUT2D eigenvalue weighted by molar-refractivity contribution is 6.31. The summed E-state index contributed by atoms with van der Waals surface area (Å²) in [6.45, 7) is 8.03. The van der Waals surface area contributed by atoms with Crippen LogP contribution < -0.4 is 21.3 Å². The summed E-state index contributed by atoms with van der Waals surface area (Å²) in [4.78, 5) is 170. The van der Waals surface area contributed by atoms with Crippen molar-refractivity contribution in [1.29, 1.82) is 0 Å². The van der Waals surface area contributed by atoms with Crippen LogP contribution in [0.1, 0.15) is 174 Å². The zero-order valence-corrected chi connectivity index (χ0v) is 55.5. The Kier molecular flexibility index (Phi) is 24.4. The molecule has 91 heavy (non-hydrogen) atoms. The first-order valence-electron chi connectivity index (χ1n) is 32.9. The summed E-state index contributed by atoms with van der Waals surface area (Å²) in [5.41, 5.74) is -2.22. The summed E-state index contributed by atoms with van der Waals surface area (Å²) in [5, 5.41) is 11.1. The van der Waals surface area contributed by atoms with Crippen molar-refractivity contribution < 1.29 is 65.9 Å². The Hall–Kier alpha value is -6.53. The summed E-state index contributed by atoms with van der Waals surface area (Å²) in [6.07, 6.45) is 5.19. The van der Waals surface area contributed by atoms with Crippen molar-refractivity contribution in [1.82, 2.24) is 55.6 Å². The Bertz CT molecular complexity index is 2860. The van der Waals surface area contributed by atoms with E-state index in [2.05, 4.69) is 21.3 Å². The van der Waals surface area contributed by atoms with Crippen LogP contribution in [0.3, 0.4) is 0 Å². The molecule has 0 unspecified atom stereocenters. The number of fused-ring (bicyclic) bond motifs is 2. The Balaban J connectivity index is 1.23. The zero-order chi connectivity index (χ0) is 67.0. The largest absolute Gasteiger partial charge is 0.417 e. The first kappa shape index (κ1) is 71.9. The Morgan fingerprint density at radius 1 is 0.626 bits per heavy atom. The molecule has 6 fully saturated rings. The molecule has 10 atom stereocenters. The van der Waals surface area contributed by atoms with Crippen LogP contribution in [0.25, 0.3) is 0 Å². The first-order chi connectivity index (χ1) is 42.9. The number of halogens is 4. The van der Waals surface area contributed by atoms with Crippen LogP contribution in [-0.4, -0.2) is 214 Å². The number of alkyl halides is 3. The molecule has 26 heteroatoms. The van der Waals surface area contributed by atoms with Gasteiger partial charge in [-0.15, -0.1) is 0 Å². The van der Waals surface area contributed by atoms with Crippen LogP contribution in [0, 0.1) is 17.8 Å². The van der Waals surface area contributed by atoms with Crippen LogP contribution in [-0.2, 0) is 65.3 Å². The number of aryl methyl sites for hydroxylation is 1. The number of likely N-dealkylation sites (N-methyl/N-ethyl adjacent to an activating group) is 5. The lowest BCUT2D eigenvalue weighted by Gasteiger charge is -2.44. The fraction of sp³-hybridized carbons (Fsp3) is 0.738. The van der Waals surface area contributed by atoms with Gasteiger partial charge in [-0.3, -0.25) is 52.7 Å². The van der Waals surface area contributed by atoms with Crippen molar-refractivity contribution in [3.8, 4) is 0 Å². The molecule has 3 aliphatic heterocycles. The highest BCUT2D eigenvalue weighted by atomic mass is 35.5. The summed E-state index contributed by atoms with van der Waals surface area (Å²) in [7, 11) is 7.30. The summed E-state index contributed by atoms with van der Waals surface area (Å²) in [6, 6.07) is -6.70. The third kappa shape index (κ3) is 16.8. The SMILES string of the molecule is CC[C@H](C)[C@@H]1NC(=O)[C@H](C)N(C)C(=O)C[C@@H](C)NC(=O)[C@H](C2CCCC2)N(C)C(=O)C2(CCCC2)NC(=O)[C@@H]2CCCN2C(=O)[C@H](CCc2ccc(C(F)(F)F)c(Cl)c2)NC(=O)[C@@H](C)N(C)C(=O)[C@H](CC2CCCCC2)N(C)C(=O)[C@@H]2CCN2C(=O)CN(C)C1=O. The number of carbonyl (C=O) groups excluding carboxylic acids is 11. The van der Waals surface area contributed by atoms with E-state index in [1.54, 1.807) is 13.8 Å². The van der Waals surface area contributed by atoms with Gasteiger partial charge in [-0.05, 0) is 120 Å². The number of carbonyl (C=O) groups is 11. The molecule has 506 valence electrons. The second-order valence-corrected chi connectivity index (χ2v) is 27.3. The lowest BCUT2D eigenvalue weighted by Crippen LogP contribution is -2.64. The Labute approximate surface area is 538 Å². The molecule has 0 bridgehead atoms. The number of nitrogens with one attached hydrogen (secondary N) is 4. The third-order valence-corrected chi connectivity index (χ3v) is 21.0. The van der Waals surface area contributed by atoms with Crippen LogP contribution >= 0.6 is 11.6 Å². The molecule has 3 aliphatic carbocycles. The monoisotopic (exact) mass is 1300 g/mol. The van der Waals surface area contributed by atoms with Crippen LogP contribution in [0.4, 0.5) is 13.2 Å². The van der Waals surface area contributed by atoms with E-state index in [4.69, 9.17) is 11.6 Å². The molecule has 1 spiro atoms. The van der Waals surface area contributed by atoms with Crippen molar-refractivity contribution in [3.05, 3.63) is 34.3 Å². The zero-order valence-electron chi connectivity index (χ0n) is 54.8. The predicted octanol–water partition coefficient (Wildman–Crippen LogP) is 5.20. The third-order valence-electron chi connectivity index (χ3n) is 20.7. The maximum Gasteiger partial charge on any atom is 0.417 e. The molecular formula is C65H97ClF3N11O11.